The standard InChI is InChI=1S/C24H25N7O3S/c1-17-26-16-31(29-17)20-5-3-19(4-6-20)27-24-25-8-7-23(28-24)18-13-21(30-9-11-34-12-10-30)15-22(14-18)35(2,32)33/h3-8,13-16H,9-12H2,1-2H3,(H,25,27,28). The van der Waals surface area contributed by atoms with Gasteiger partial charge in [0.15, 0.2) is 9.84 Å². The highest BCUT2D eigenvalue weighted by molar-refractivity contribution is 7.90. The Morgan fingerprint density at radius 3 is 2.43 bits per heavy atom. The second-order valence-corrected chi connectivity index (χ2v) is 10.3. The minimum Gasteiger partial charge on any atom is -0.378 e. The molecule has 180 valence electrons. The van der Waals surface area contributed by atoms with Crippen LogP contribution in [0, 0.1) is 6.92 Å². The zero-order valence-corrected chi connectivity index (χ0v) is 20.2. The fourth-order valence-corrected chi connectivity index (χ4v) is 4.50. The van der Waals surface area contributed by atoms with Crippen molar-refractivity contribution in [2.75, 3.05) is 42.8 Å². The van der Waals surface area contributed by atoms with Gasteiger partial charge < -0.3 is 15.0 Å². The summed E-state index contributed by atoms with van der Waals surface area (Å²) >= 11 is 0. The van der Waals surface area contributed by atoms with Crippen molar-refractivity contribution in [2.24, 2.45) is 0 Å². The van der Waals surface area contributed by atoms with Crippen LogP contribution in [0.15, 0.2) is 66.0 Å². The van der Waals surface area contributed by atoms with Gasteiger partial charge in [0.2, 0.25) is 5.95 Å². The van der Waals surface area contributed by atoms with Crippen LogP contribution in [0.25, 0.3) is 16.9 Å². The van der Waals surface area contributed by atoms with Crippen LogP contribution in [0.3, 0.4) is 0 Å². The van der Waals surface area contributed by atoms with E-state index in [0.717, 1.165) is 17.1 Å². The lowest BCUT2D eigenvalue weighted by molar-refractivity contribution is 0.122. The normalized spacial score (nSPS) is 14.2. The number of hydrogen-bond acceptors (Lipinski definition) is 9. The van der Waals surface area contributed by atoms with Crippen LogP contribution >= 0.6 is 0 Å². The van der Waals surface area contributed by atoms with Crippen LogP contribution in [0.1, 0.15) is 5.82 Å². The van der Waals surface area contributed by atoms with Gasteiger partial charge >= 0.3 is 0 Å². The Bertz CT molecular complexity index is 1450. The lowest BCUT2D eigenvalue weighted by atomic mass is 10.1. The van der Waals surface area contributed by atoms with E-state index in [-0.39, 0.29) is 4.90 Å². The maximum Gasteiger partial charge on any atom is 0.227 e. The first-order chi connectivity index (χ1) is 16.8. The van der Waals surface area contributed by atoms with E-state index in [9.17, 15) is 8.42 Å². The third-order valence-electron chi connectivity index (χ3n) is 5.64. The molecule has 2 aromatic heterocycles. The van der Waals surface area contributed by atoms with E-state index in [2.05, 4.69) is 30.3 Å². The summed E-state index contributed by atoms with van der Waals surface area (Å²) in [5.74, 6) is 1.11. The Labute approximate surface area is 203 Å². The first-order valence-corrected chi connectivity index (χ1v) is 13.0. The largest absolute Gasteiger partial charge is 0.378 e. The molecule has 0 aliphatic carbocycles. The van der Waals surface area contributed by atoms with E-state index >= 15 is 0 Å². The molecule has 0 bridgehead atoms. The minimum absolute atomic E-state index is 0.253. The Balaban J connectivity index is 1.43. The predicted octanol–water partition coefficient (Wildman–Crippen LogP) is 3.02. The van der Waals surface area contributed by atoms with Gasteiger partial charge in [-0.25, -0.2) is 28.1 Å². The van der Waals surface area contributed by atoms with Gasteiger partial charge in [0, 0.05) is 42.5 Å². The summed E-state index contributed by atoms with van der Waals surface area (Å²) in [7, 11) is -3.41. The number of anilines is 3. The fourth-order valence-electron chi connectivity index (χ4n) is 3.83. The highest BCUT2D eigenvalue weighted by Gasteiger charge is 2.17. The molecule has 35 heavy (non-hydrogen) atoms. The second-order valence-electron chi connectivity index (χ2n) is 8.26. The molecule has 3 heterocycles. The lowest BCUT2D eigenvalue weighted by Gasteiger charge is -2.29. The van der Waals surface area contributed by atoms with Crippen LogP contribution in [0.5, 0.6) is 0 Å². The minimum atomic E-state index is -3.41. The van der Waals surface area contributed by atoms with Gasteiger partial charge in [0.1, 0.15) is 12.2 Å². The van der Waals surface area contributed by atoms with Gasteiger partial charge in [0.05, 0.1) is 29.5 Å². The van der Waals surface area contributed by atoms with E-state index < -0.39 is 9.84 Å². The summed E-state index contributed by atoms with van der Waals surface area (Å²) < 4.78 is 31.9. The van der Waals surface area contributed by atoms with Crippen molar-refractivity contribution >= 4 is 27.2 Å². The zero-order chi connectivity index (χ0) is 24.4. The molecular formula is C24H25N7O3S. The summed E-state index contributed by atoms with van der Waals surface area (Å²) in [6.45, 7) is 4.46. The predicted molar refractivity (Wildman–Crippen MR) is 133 cm³/mol. The van der Waals surface area contributed by atoms with E-state index in [1.165, 1.54) is 6.26 Å². The van der Waals surface area contributed by atoms with Crippen LogP contribution in [-0.2, 0) is 14.6 Å². The number of hydrogen-bond donors (Lipinski definition) is 1. The number of ether oxygens (including phenoxy) is 1. The van der Waals surface area contributed by atoms with Crippen molar-refractivity contribution in [1.29, 1.82) is 0 Å². The topological polar surface area (TPSA) is 115 Å². The zero-order valence-electron chi connectivity index (χ0n) is 19.4. The molecule has 11 heteroatoms. The molecule has 1 aliphatic heterocycles. The number of nitrogens with zero attached hydrogens (tertiary/aromatic N) is 6. The highest BCUT2D eigenvalue weighted by atomic mass is 32.2. The van der Waals surface area contributed by atoms with Gasteiger partial charge in [-0.1, -0.05) is 0 Å². The van der Waals surface area contributed by atoms with Gasteiger partial charge in [-0.2, -0.15) is 5.10 Å². The first kappa shape index (κ1) is 22.9. The van der Waals surface area contributed by atoms with Crippen molar-refractivity contribution in [3.63, 3.8) is 0 Å². The molecule has 0 atom stereocenters. The SMILES string of the molecule is Cc1ncn(-c2ccc(Nc3nccc(-c4cc(N5CCOCC5)cc(S(C)(=O)=O)c4)n3)cc2)n1. The molecular weight excluding hydrogens is 466 g/mol. The van der Waals surface area contributed by atoms with Crippen molar-refractivity contribution in [3.8, 4) is 16.9 Å². The Morgan fingerprint density at radius 1 is 0.971 bits per heavy atom. The Hall–Kier alpha value is -3.83. The molecule has 0 unspecified atom stereocenters. The number of morpholine rings is 1. The van der Waals surface area contributed by atoms with E-state index in [4.69, 9.17) is 4.74 Å². The van der Waals surface area contributed by atoms with Gasteiger partial charge in [0.25, 0.3) is 0 Å². The van der Waals surface area contributed by atoms with Crippen LogP contribution in [0.2, 0.25) is 0 Å². The summed E-state index contributed by atoms with van der Waals surface area (Å²) in [5, 5.41) is 7.52. The number of aryl methyl sites for hydroxylation is 1. The quantitative estimate of drug-likeness (QED) is 0.434. The Kier molecular flexibility index (Phi) is 6.18. The number of nitrogens with one attached hydrogen (secondary N) is 1. The van der Waals surface area contributed by atoms with Crippen LogP contribution in [0.4, 0.5) is 17.3 Å². The molecule has 0 radical (unpaired) electrons. The van der Waals surface area contributed by atoms with Crippen molar-refractivity contribution in [2.45, 2.75) is 11.8 Å². The smallest absolute Gasteiger partial charge is 0.227 e. The molecule has 0 spiro atoms. The van der Waals surface area contributed by atoms with E-state index in [1.54, 1.807) is 35.4 Å². The third kappa shape index (κ3) is 5.31. The van der Waals surface area contributed by atoms with Crippen LogP contribution < -0.4 is 10.2 Å². The lowest BCUT2D eigenvalue weighted by Crippen LogP contribution is -2.36. The number of sulfone groups is 1. The third-order valence-corrected chi connectivity index (χ3v) is 6.73. The Morgan fingerprint density at radius 2 is 1.74 bits per heavy atom. The molecule has 1 saturated heterocycles. The van der Waals surface area contributed by atoms with Crippen LogP contribution in [-0.4, -0.2) is 65.7 Å². The second kappa shape index (κ2) is 9.43. The average Bonchev–Trinajstić information content (AvgIpc) is 3.31. The van der Waals surface area contributed by atoms with Gasteiger partial charge in [-0.15, -0.1) is 0 Å². The maximum absolute atomic E-state index is 12.4. The number of benzene rings is 2. The molecule has 4 aromatic rings. The first-order valence-electron chi connectivity index (χ1n) is 11.1. The fraction of sp³-hybridized carbons (Fsp3) is 0.250. The molecule has 0 amide bonds. The van der Waals surface area contributed by atoms with E-state index in [0.29, 0.717) is 49.3 Å². The number of rotatable bonds is 6. The summed E-state index contributed by atoms with van der Waals surface area (Å²) in [6, 6.07) is 14.7. The summed E-state index contributed by atoms with van der Waals surface area (Å²) in [5.41, 5.74) is 3.85. The van der Waals surface area contributed by atoms with Crippen molar-refractivity contribution < 1.29 is 13.2 Å². The summed E-state index contributed by atoms with van der Waals surface area (Å²) in [6.07, 6.45) is 4.53. The van der Waals surface area contributed by atoms with Gasteiger partial charge in [-0.05, 0) is 55.5 Å². The van der Waals surface area contributed by atoms with E-state index in [1.807, 2.05) is 37.3 Å². The molecule has 10 nitrogen and oxygen atoms in total. The molecule has 5 rings (SSSR count). The average molecular weight is 492 g/mol. The van der Waals surface area contributed by atoms with Crippen molar-refractivity contribution in [3.05, 3.63) is 66.9 Å². The molecule has 0 saturated carbocycles. The molecule has 1 fully saturated rings. The number of aromatic nitrogens is 5. The monoisotopic (exact) mass is 491 g/mol. The molecule has 1 N–H and O–H groups in total. The van der Waals surface area contributed by atoms with Gasteiger partial charge in [-0.3, -0.25) is 0 Å². The maximum atomic E-state index is 12.4. The molecule has 2 aromatic carbocycles. The van der Waals surface area contributed by atoms with Crippen molar-refractivity contribution in [1.82, 2.24) is 24.7 Å². The highest BCUT2D eigenvalue weighted by Crippen LogP contribution is 2.29. The molecule has 1 aliphatic rings. The summed E-state index contributed by atoms with van der Waals surface area (Å²) in [4.78, 5) is 15.5.